The lowest BCUT2D eigenvalue weighted by atomic mass is 10.1. The summed E-state index contributed by atoms with van der Waals surface area (Å²) >= 11 is 0. The van der Waals surface area contributed by atoms with Crippen LogP contribution in [0.3, 0.4) is 0 Å². The third-order valence-corrected chi connectivity index (χ3v) is 5.44. The number of rotatable bonds is 7. The minimum Gasteiger partial charge on any atom is -0.376 e. The van der Waals surface area contributed by atoms with Crippen LogP contribution in [0.1, 0.15) is 43.5 Å². The molecule has 0 amide bonds. The maximum Gasteiger partial charge on any atom is 0.124 e. The van der Waals surface area contributed by atoms with Crippen molar-refractivity contribution in [3.05, 3.63) is 29.6 Å². The first-order valence-electron chi connectivity index (χ1n) is 9.59. The monoisotopic (exact) mass is 341 g/mol. The zero-order chi connectivity index (χ0) is 17.1. The van der Waals surface area contributed by atoms with Gasteiger partial charge in [0, 0.05) is 13.0 Å². The van der Waals surface area contributed by atoms with E-state index < -0.39 is 0 Å². The van der Waals surface area contributed by atoms with E-state index in [0.29, 0.717) is 12.5 Å². The van der Waals surface area contributed by atoms with E-state index in [-0.39, 0.29) is 0 Å². The van der Waals surface area contributed by atoms with Crippen molar-refractivity contribution < 1.29 is 9.53 Å². The van der Waals surface area contributed by atoms with Gasteiger partial charge in [0.2, 0.25) is 0 Å². The van der Waals surface area contributed by atoms with Crippen molar-refractivity contribution in [2.24, 2.45) is 0 Å². The molecule has 2 saturated heterocycles. The molecule has 1 atom stereocenters. The van der Waals surface area contributed by atoms with Gasteiger partial charge in [-0.25, -0.2) is 4.98 Å². The van der Waals surface area contributed by atoms with Gasteiger partial charge in [-0.05, 0) is 56.5 Å². The molecule has 0 bridgehead atoms. The smallest absolute Gasteiger partial charge is 0.124 e. The zero-order valence-electron chi connectivity index (χ0n) is 14.8. The summed E-state index contributed by atoms with van der Waals surface area (Å²) in [4.78, 5) is 18.1. The van der Waals surface area contributed by atoms with Gasteiger partial charge >= 0.3 is 0 Å². The number of piperidine rings is 1. The highest BCUT2D eigenvalue weighted by molar-refractivity contribution is 5.77. The normalized spacial score (nSPS) is 21.4. The molecule has 1 aromatic carbocycles. The molecule has 1 aromatic heterocycles. The minimum atomic E-state index is 0.316. The summed E-state index contributed by atoms with van der Waals surface area (Å²) in [7, 11) is 0. The molecular formula is C20H27N3O2. The number of nitrogens with zero attached hydrogens (tertiary/aromatic N) is 3. The van der Waals surface area contributed by atoms with Crippen molar-refractivity contribution in [3.63, 3.8) is 0 Å². The van der Waals surface area contributed by atoms with E-state index in [1.807, 2.05) is 0 Å². The van der Waals surface area contributed by atoms with E-state index >= 15 is 0 Å². The Morgan fingerprint density at radius 1 is 1.24 bits per heavy atom. The summed E-state index contributed by atoms with van der Waals surface area (Å²) < 4.78 is 8.04. The number of likely N-dealkylation sites (tertiary alicyclic amines) is 1. The molecule has 25 heavy (non-hydrogen) atoms. The highest BCUT2D eigenvalue weighted by Gasteiger charge is 2.23. The summed E-state index contributed by atoms with van der Waals surface area (Å²) in [6.45, 7) is 5.03. The Balaban J connectivity index is 1.64. The quantitative estimate of drug-likeness (QED) is 0.727. The molecule has 0 N–H and O–H groups in total. The fraction of sp³-hybridized carbons (Fsp3) is 0.600. The van der Waals surface area contributed by atoms with Crippen molar-refractivity contribution in [1.29, 1.82) is 0 Å². The van der Waals surface area contributed by atoms with Crippen molar-refractivity contribution >= 4 is 17.3 Å². The van der Waals surface area contributed by atoms with Gasteiger partial charge in [0.15, 0.2) is 0 Å². The molecule has 4 rings (SSSR count). The molecule has 1 unspecified atom stereocenters. The number of hydrogen-bond donors (Lipinski definition) is 0. The Bertz CT molecular complexity index is 730. The van der Waals surface area contributed by atoms with Crippen LogP contribution in [-0.2, 0) is 29.0 Å². The lowest BCUT2D eigenvalue weighted by molar-refractivity contribution is -0.107. The van der Waals surface area contributed by atoms with Crippen molar-refractivity contribution in [3.8, 4) is 0 Å². The van der Waals surface area contributed by atoms with E-state index in [2.05, 4.69) is 27.7 Å². The van der Waals surface area contributed by atoms with Crippen LogP contribution in [0.2, 0.25) is 0 Å². The largest absolute Gasteiger partial charge is 0.376 e. The molecule has 2 aliphatic heterocycles. The van der Waals surface area contributed by atoms with Crippen LogP contribution in [0.15, 0.2) is 18.2 Å². The number of benzene rings is 1. The Kier molecular flexibility index (Phi) is 5.13. The summed E-state index contributed by atoms with van der Waals surface area (Å²) in [5, 5.41) is 0. The maximum atomic E-state index is 10.7. The molecule has 0 saturated carbocycles. The fourth-order valence-corrected chi connectivity index (χ4v) is 3.87. The molecule has 3 heterocycles. The lowest BCUT2D eigenvalue weighted by Gasteiger charge is -2.29. The molecule has 134 valence electrons. The Morgan fingerprint density at radius 2 is 2.08 bits per heavy atom. The minimum absolute atomic E-state index is 0.316. The van der Waals surface area contributed by atoms with Gasteiger partial charge in [0.05, 0.1) is 30.2 Å². The lowest BCUT2D eigenvalue weighted by Crippen LogP contribution is -2.34. The van der Waals surface area contributed by atoms with Crippen LogP contribution >= 0.6 is 0 Å². The average molecular weight is 341 g/mol. The number of carbonyl (C=O) groups excluding carboxylic acids is 1. The molecule has 2 aromatic rings. The number of ether oxygens (including phenoxy) is 1. The van der Waals surface area contributed by atoms with Gasteiger partial charge in [0.1, 0.15) is 12.1 Å². The van der Waals surface area contributed by atoms with Crippen LogP contribution < -0.4 is 0 Å². The number of hydrogen-bond acceptors (Lipinski definition) is 4. The van der Waals surface area contributed by atoms with E-state index in [1.54, 1.807) is 0 Å². The summed E-state index contributed by atoms with van der Waals surface area (Å²) in [5.74, 6) is 1.15. The number of carbonyl (C=O) groups is 1. The molecule has 2 aliphatic rings. The molecule has 2 fully saturated rings. The molecule has 5 nitrogen and oxygen atoms in total. The predicted octanol–water partition coefficient (Wildman–Crippen LogP) is 2.94. The van der Waals surface area contributed by atoms with E-state index in [1.165, 1.54) is 43.4 Å². The molecule has 5 heteroatoms. The van der Waals surface area contributed by atoms with Gasteiger partial charge < -0.3 is 14.1 Å². The zero-order valence-corrected chi connectivity index (χ0v) is 14.8. The van der Waals surface area contributed by atoms with E-state index in [0.717, 1.165) is 50.2 Å². The topological polar surface area (TPSA) is 47.4 Å². The Hall–Kier alpha value is -1.72. The average Bonchev–Trinajstić information content (AvgIpc) is 2.93. The SMILES string of the molecule is O=CCCc1ccc2nc(CN3CCCCC3)n(CC3CCO3)c2c1. The standard InChI is InChI=1S/C20H27N3O2/c24-11-4-5-16-6-7-18-19(13-16)23(14-17-8-12-25-17)20(21-18)15-22-9-2-1-3-10-22/h6-7,11,13,17H,1-5,8-10,12,14-15H2. The first-order chi connectivity index (χ1) is 12.3. The van der Waals surface area contributed by atoms with Crippen LogP contribution in [0.4, 0.5) is 0 Å². The van der Waals surface area contributed by atoms with Gasteiger partial charge in [-0.15, -0.1) is 0 Å². The Labute approximate surface area is 149 Å². The van der Waals surface area contributed by atoms with E-state index in [4.69, 9.17) is 9.72 Å². The van der Waals surface area contributed by atoms with Gasteiger partial charge in [-0.1, -0.05) is 12.5 Å². The van der Waals surface area contributed by atoms with Crippen molar-refractivity contribution in [2.45, 2.75) is 57.7 Å². The number of imidazole rings is 1. The van der Waals surface area contributed by atoms with Crippen LogP contribution in [0, 0.1) is 0 Å². The first-order valence-corrected chi connectivity index (χ1v) is 9.59. The summed E-state index contributed by atoms with van der Waals surface area (Å²) in [6, 6.07) is 6.42. The second kappa shape index (κ2) is 7.67. The number of aryl methyl sites for hydroxylation is 1. The van der Waals surface area contributed by atoms with Crippen molar-refractivity contribution in [2.75, 3.05) is 19.7 Å². The van der Waals surface area contributed by atoms with E-state index in [9.17, 15) is 4.79 Å². The van der Waals surface area contributed by atoms with Crippen molar-refractivity contribution in [1.82, 2.24) is 14.5 Å². The highest BCUT2D eigenvalue weighted by atomic mass is 16.5. The summed E-state index contributed by atoms with van der Waals surface area (Å²) in [6.07, 6.45) is 7.75. The fourth-order valence-electron chi connectivity index (χ4n) is 3.87. The highest BCUT2D eigenvalue weighted by Crippen LogP contribution is 2.24. The maximum absolute atomic E-state index is 10.7. The number of fused-ring (bicyclic) bond motifs is 1. The third kappa shape index (κ3) is 3.77. The molecule has 0 aliphatic carbocycles. The number of aldehydes is 1. The van der Waals surface area contributed by atoms with Crippen LogP contribution in [0.5, 0.6) is 0 Å². The molecule has 0 spiro atoms. The van der Waals surface area contributed by atoms with Crippen LogP contribution in [-0.4, -0.2) is 46.5 Å². The van der Waals surface area contributed by atoms with Gasteiger partial charge in [-0.2, -0.15) is 0 Å². The summed E-state index contributed by atoms with van der Waals surface area (Å²) in [5.41, 5.74) is 3.45. The third-order valence-electron chi connectivity index (χ3n) is 5.44. The number of aromatic nitrogens is 2. The first kappa shape index (κ1) is 16.7. The molecular weight excluding hydrogens is 314 g/mol. The predicted molar refractivity (Wildman–Crippen MR) is 97.6 cm³/mol. The van der Waals surface area contributed by atoms with Gasteiger partial charge in [-0.3, -0.25) is 4.90 Å². The Morgan fingerprint density at radius 3 is 2.80 bits per heavy atom. The van der Waals surface area contributed by atoms with Gasteiger partial charge in [0.25, 0.3) is 0 Å². The second-order valence-corrected chi connectivity index (χ2v) is 7.29. The molecule has 0 radical (unpaired) electrons. The second-order valence-electron chi connectivity index (χ2n) is 7.29. The van der Waals surface area contributed by atoms with Crippen LogP contribution in [0.25, 0.3) is 11.0 Å².